The second-order valence-electron chi connectivity index (χ2n) is 5.17. The molecule has 0 radical (unpaired) electrons. The number of aromatic nitrogens is 2. The smallest absolute Gasteiger partial charge is 0.231 e. The normalized spacial score (nSPS) is 18.1. The van der Waals surface area contributed by atoms with Crippen LogP contribution in [0.3, 0.4) is 0 Å². The lowest BCUT2D eigenvalue weighted by molar-refractivity contribution is 0.176. The molecule has 0 saturated carbocycles. The van der Waals surface area contributed by atoms with Crippen molar-refractivity contribution in [1.82, 2.24) is 20.4 Å². The maximum Gasteiger partial charge on any atom is 0.231 e. The number of piperazine rings is 1. The van der Waals surface area contributed by atoms with Gasteiger partial charge in [0.15, 0.2) is 5.82 Å². The van der Waals surface area contributed by atoms with E-state index in [2.05, 4.69) is 39.4 Å². The largest absolute Gasteiger partial charge is 0.339 e. The predicted molar refractivity (Wildman–Crippen MR) is 76.4 cm³/mol. The molecular formula is C15H20N4O. The van der Waals surface area contributed by atoms with Crippen molar-refractivity contribution < 1.29 is 4.52 Å². The van der Waals surface area contributed by atoms with E-state index in [1.165, 1.54) is 5.56 Å². The van der Waals surface area contributed by atoms with Crippen LogP contribution in [-0.2, 0) is 6.42 Å². The third-order valence-corrected chi connectivity index (χ3v) is 3.75. The van der Waals surface area contributed by atoms with E-state index in [-0.39, 0.29) is 6.04 Å². The van der Waals surface area contributed by atoms with E-state index in [1.807, 2.05) is 18.2 Å². The highest BCUT2D eigenvalue weighted by Crippen LogP contribution is 2.18. The summed E-state index contributed by atoms with van der Waals surface area (Å²) < 4.78 is 5.38. The van der Waals surface area contributed by atoms with Crippen LogP contribution in [0.15, 0.2) is 34.9 Å². The van der Waals surface area contributed by atoms with Crippen molar-refractivity contribution >= 4 is 0 Å². The Morgan fingerprint density at radius 2 is 2.00 bits per heavy atom. The molecule has 1 aromatic carbocycles. The molecule has 2 heterocycles. The van der Waals surface area contributed by atoms with Gasteiger partial charge in [0.1, 0.15) is 0 Å². The van der Waals surface area contributed by atoms with Crippen molar-refractivity contribution in [3.05, 3.63) is 47.6 Å². The minimum absolute atomic E-state index is 0.213. The molecule has 106 valence electrons. The summed E-state index contributed by atoms with van der Waals surface area (Å²) in [5, 5.41) is 7.49. The summed E-state index contributed by atoms with van der Waals surface area (Å²) in [4.78, 5) is 6.92. The Morgan fingerprint density at radius 3 is 2.75 bits per heavy atom. The van der Waals surface area contributed by atoms with Crippen molar-refractivity contribution in [2.75, 3.05) is 26.2 Å². The Bertz CT molecular complexity index is 534. The van der Waals surface area contributed by atoms with Crippen LogP contribution in [0.2, 0.25) is 0 Å². The molecule has 0 amide bonds. The lowest BCUT2D eigenvalue weighted by Crippen LogP contribution is -2.44. The van der Waals surface area contributed by atoms with E-state index >= 15 is 0 Å². The standard InChI is InChI=1S/C15H20N4O/c1-12(19-9-7-16-8-10-19)15-17-14(20-18-15)11-13-5-3-2-4-6-13/h2-6,12,16H,7-11H2,1H3. The molecular weight excluding hydrogens is 252 g/mol. The van der Waals surface area contributed by atoms with E-state index < -0.39 is 0 Å². The molecule has 5 nitrogen and oxygen atoms in total. The van der Waals surface area contributed by atoms with Crippen LogP contribution in [0, 0.1) is 0 Å². The highest BCUT2D eigenvalue weighted by atomic mass is 16.5. The van der Waals surface area contributed by atoms with Gasteiger partial charge in [0.05, 0.1) is 12.5 Å². The third-order valence-electron chi connectivity index (χ3n) is 3.75. The lowest BCUT2D eigenvalue weighted by Gasteiger charge is -2.30. The Balaban J connectivity index is 1.66. The van der Waals surface area contributed by atoms with Crippen LogP contribution in [0.4, 0.5) is 0 Å². The van der Waals surface area contributed by atoms with Crippen molar-refractivity contribution in [2.24, 2.45) is 0 Å². The molecule has 0 aliphatic carbocycles. The summed E-state index contributed by atoms with van der Waals surface area (Å²) >= 11 is 0. The van der Waals surface area contributed by atoms with Gasteiger partial charge in [-0.2, -0.15) is 4.98 Å². The fraction of sp³-hybridized carbons (Fsp3) is 0.467. The van der Waals surface area contributed by atoms with Gasteiger partial charge in [-0.3, -0.25) is 4.90 Å². The molecule has 3 rings (SSSR count). The molecule has 2 aromatic rings. The average Bonchev–Trinajstić information content (AvgIpc) is 2.97. The van der Waals surface area contributed by atoms with E-state index in [0.29, 0.717) is 12.3 Å². The average molecular weight is 272 g/mol. The molecule has 1 atom stereocenters. The van der Waals surface area contributed by atoms with Crippen molar-refractivity contribution in [3.63, 3.8) is 0 Å². The fourth-order valence-electron chi connectivity index (χ4n) is 2.51. The van der Waals surface area contributed by atoms with E-state index in [9.17, 15) is 0 Å². The first kappa shape index (κ1) is 13.3. The Labute approximate surface area is 119 Å². The zero-order valence-corrected chi connectivity index (χ0v) is 11.7. The molecule has 1 aliphatic heterocycles. The van der Waals surface area contributed by atoms with Gasteiger partial charge in [0.2, 0.25) is 5.89 Å². The van der Waals surface area contributed by atoms with Crippen LogP contribution in [0.1, 0.15) is 30.2 Å². The van der Waals surface area contributed by atoms with Gasteiger partial charge in [-0.25, -0.2) is 0 Å². The van der Waals surface area contributed by atoms with Gasteiger partial charge in [-0.05, 0) is 12.5 Å². The molecule has 1 N–H and O–H groups in total. The summed E-state index contributed by atoms with van der Waals surface area (Å²) in [6, 6.07) is 10.4. The Hall–Kier alpha value is -1.72. The number of rotatable bonds is 4. The van der Waals surface area contributed by atoms with Crippen LogP contribution in [0.25, 0.3) is 0 Å². The fourth-order valence-corrected chi connectivity index (χ4v) is 2.51. The van der Waals surface area contributed by atoms with Crippen molar-refractivity contribution in [2.45, 2.75) is 19.4 Å². The number of hydrogen-bond donors (Lipinski definition) is 1. The topological polar surface area (TPSA) is 54.2 Å². The molecule has 1 aromatic heterocycles. The highest BCUT2D eigenvalue weighted by Gasteiger charge is 2.22. The number of hydrogen-bond acceptors (Lipinski definition) is 5. The second-order valence-corrected chi connectivity index (χ2v) is 5.17. The van der Waals surface area contributed by atoms with E-state index in [1.54, 1.807) is 0 Å². The quantitative estimate of drug-likeness (QED) is 0.916. The first-order valence-corrected chi connectivity index (χ1v) is 7.14. The van der Waals surface area contributed by atoms with Crippen LogP contribution >= 0.6 is 0 Å². The monoisotopic (exact) mass is 272 g/mol. The van der Waals surface area contributed by atoms with Gasteiger partial charge < -0.3 is 9.84 Å². The van der Waals surface area contributed by atoms with Crippen LogP contribution in [0.5, 0.6) is 0 Å². The summed E-state index contributed by atoms with van der Waals surface area (Å²) in [5.41, 5.74) is 1.19. The minimum atomic E-state index is 0.213. The Kier molecular flexibility index (Phi) is 4.08. The molecule has 0 bridgehead atoms. The van der Waals surface area contributed by atoms with Crippen LogP contribution < -0.4 is 5.32 Å². The zero-order valence-electron chi connectivity index (χ0n) is 11.7. The highest BCUT2D eigenvalue weighted by molar-refractivity contribution is 5.18. The summed E-state index contributed by atoms with van der Waals surface area (Å²) in [6.45, 7) is 6.26. The number of benzene rings is 1. The second kappa shape index (κ2) is 6.15. The summed E-state index contributed by atoms with van der Waals surface area (Å²) in [7, 11) is 0. The van der Waals surface area contributed by atoms with Crippen molar-refractivity contribution in [3.8, 4) is 0 Å². The zero-order chi connectivity index (χ0) is 13.8. The summed E-state index contributed by atoms with van der Waals surface area (Å²) in [5.74, 6) is 1.48. The lowest BCUT2D eigenvalue weighted by atomic mass is 10.1. The molecule has 1 fully saturated rings. The van der Waals surface area contributed by atoms with Crippen LogP contribution in [-0.4, -0.2) is 41.2 Å². The first-order valence-electron chi connectivity index (χ1n) is 7.14. The maximum absolute atomic E-state index is 5.38. The van der Waals surface area contributed by atoms with E-state index in [0.717, 1.165) is 32.0 Å². The van der Waals surface area contributed by atoms with Gasteiger partial charge in [0, 0.05) is 26.2 Å². The molecule has 1 aliphatic rings. The SMILES string of the molecule is CC(c1noc(Cc2ccccc2)n1)N1CCNCC1. The number of nitrogens with one attached hydrogen (secondary N) is 1. The molecule has 1 unspecified atom stereocenters. The minimum Gasteiger partial charge on any atom is -0.339 e. The van der Waals surface area contributed by atoms with Crippen molar-refractivity contribution in [1.29, 1.82) is 0 Å². The third kappa shape index (κ3) is 3.05. The molecule has 0 spiro atoms. The summed E-state index contributed by atoms with van der Waals surface area (Å²) in [6.07, 6.45) is 0.697. The number of nitrogens with zero attached hydrogens (tertiary/aromatic N) is 3. The molecule has 5 heteroatoms. The van der Waals surface area contributed by atoms with Gasteiger partial charge in [-0.1, -0.05) is 35.5 Å². The van der Waals surface area contributed by atoms with E-state index in [4.69, 9.17) is 4.52 Å². The van der Waals surface area contributed by atoms with Gasteiger partial charge in [-0.15, -0.1) is 0 Å². The molecule has 1 saturated heterocycles. The van der Waals surface area contributed by atoms with Gasteiger partial charge >= 0.3 is 0 Å². The first-order chi connectivity index (χ1) is 9.83. The van der Waals surface area contributed by atoms with Gasteiger partial charge in [0.25, 0.3) is 0 Å². The Morgan fingerprint density at radius 1 is 1.25 bits per heavy atom. The molecule has 20 heavy (non-hydrogen) atoms. The predicted octanol–water partition coefficient (Wildman–Crippen LogP) is 1.63. The maximum atomic E-state index is 5.38.